The van der Waals surface area contributed by atoms with Crippen LogP contribution in [0.15, 0.2) is 36.5 Å². The normalized spacial score (nSPS) is 11.2. The number of carbonyl (C=O) groups is 1. The maximum Gasteiger partial charge on any atom is 0.417 e. The van der Waals surface area contributed by atoms with E-state index in [0.29, 0.717) is 12.3 Å². The predicted octanol–water partition coefficient (Wildman–Crippen LogP) is 3.22. The lowest BCUT2D eigenvalue weighted by atomic mass is 10.2. The number of amides is 1. The van der Waals surface area contributed by atoms with Crippen LogP contribution in [0.1, 0.15) is 15.9 Å². The van der Waals surface area contributed by atoms with Crippen LogP contribution in [0.25, 0.3) is 0 Å². The van der Waals surface area contributed by atoms with E-state index in [4.69, 9.17) is 0 Å². The molecule has 1 aromatic heterocycles. The van der Waals surface area contributed by atoms with Gasteiger partial charge in [-0.05, 0) is 24.3 Å². The highest BCUT2D eigenvalue weighted by Gasteiger charge is 2.30. The van der Waals surface area contributed by atoms with Crippen molar-refractivity contribution in [3.05, 3.63) is 59.3 Å². The maximum absolute atomic E-state index is 13.4. The maximum atomic E-state index is 13.4. The van der Waals surface area contributed by atoms with Crippen LogP contribution in [0.5, 0.6) is 0 Å². The first kappa shape index (κ1) is 17.6. The van der Waals surface area contributed by atoms with Crippen LogP contribution >= 0.6 is 0 Å². The number of halogens is 5. The number of hydrogen-bond donors (Lipinski definition) is 2. The van der Waals surface area contributed by atoms with E-state index in [0.717, 1.165) is 24.3 Å². The molecule has 2 N–H and O–H groups in total. The average molecular weight is 345 g/mol. The first-order valence-corrected chi connectivity index (χ1v) is 6.78. The SMILES string of the molecule is O=C(NCCNc1ccc(C(F)(F)F)cn1)c1ccc(F)cc1F. The van der Waals surface area contributed by atoms with Gasteiger partial charge in [0.15, 0.2) is 0 Å². The van der Waals surface area contributed by atoms with Gasteiger partial charge in [-0.15, -0.1) is 0 Å². The van der Waals surface area contributed by atoms with Crippen molar-refractivity contribution in [2.45, 2.75) is 6.18 Å². The summed E-state index contributed by atoms with van der Waals surface area (Å²) in [5.41, 5.74) is -1.17. The molecule has 1 heterocycles. The molecule has 0 saturated carbocycles. The fraction of sp³-hybridized carbons (Fsp3) is 0.200. The van der Waals surface area contributed by atoms with Crippen LogP contribution in [0, 0.1) is 11.6 Å². The van der Waals surface area contributed by atoms with Gasteiger partial charge in [0.25, 0.3) is 5.91 Å². The third-order valence-electron chi connectivity index (χ3n) is 2.98. The van der Waals surface area contributed by atoms with Gasteiger partial charge in [0.05, 0.1) is 11.1 Å². The minimum absolute atomic E-state index is 0.0678. The Balaban J connectivity index is 1.81. The van der Waals surface area contributed by atoms with Crippen molar-refractivity contribution < 1.29 is 26.7 Å². The Hall–Kier alpha value is -2.71. The summed E-state index contributed by atoms with van der Waals surface area (Å²) in [5.74, 6) is -2.30. The lowest BCUT2D eigenvalue weighted by Gasteiger charge is -2.09. The predicted molar refractivity (Wildman–Crippen MR) is 76.4 cm³/mol. The molecule has 0 saturated heterocycles. The van der Waals surface area contributed by atoms with Gasteiger partial charge < -0.3 is 10.6 Å². The molecule has 2 rings (SSSR count). The molecule has 1 aromatic carbocycles. The summed E-state index contributed by atoms with van der Waals surface area (Å²) in [6, 6.07) is 4.61. The van der Waals surface area contributed by atoms with Crippen molar-refractivity contribution in [1.29, 1.82) is 0 Å². The van der Waals surface area contributed by atoms with E-state index in [1.165, 1.54) is 0 Å². The van der Waals surface area contributed by atoms with E-state index in [1.54, 1.807) is 0 Å². The molecular weight excluding hydrogens is 333 g/mol. The third kappa shape index (κ3) is 4.64. The number of alkyl halides is 3. The Morgan fingerprint density at radius 3 is 2.42 bits per heavy atom. The molecule has 9 heteroatoms. The number of nitrogens with zero attached hydrogens (tertiary/aromatic N) is 1. The molecule has 0 atom stereocenters. The second-order valence-corrected chi connectivity index (χ2v) is 4.74. The van der Waals surface area contributed by atoms with E-state index in [1.807, 2.05) is 0 Å². The lowest BCUT2D eigenvalue weighted by Crippen LogP contribution is -2.29. The lowest BCUT2D eigenvalue weighted by molar-refractivity contribution is -0.137. The Bertz CT molecular complexity index is 716. The summed E-state index contributed by atoms with van der Waals surface area (Å²) in [4.78, 5) is 15.3. The van der Waals surface area contributed by atoms with Crippen LogP contribution in [0.3, 0.4) is 0 Å². The molecule has 4 nitrogen and oxygen atoms in total. The minimum Gasteiger partial charge on any atom is -0.368 e. The number of aromatic nitrogens is 1. The summed E-state index contributed by atoms with van der Waals surface area (Å²) < 4.78 is 63.3. The highest BCUT2D eigenvalue weighted by atomic mass is 19.4. The van der Waals surface area contributed by atoms with Crippen molar-refractivity contribution in [2.75, 3.05) is 18.4 Å². The molecule has 0 aliphatic heterocycles. The number of hydrogen-bond acceptors (Lipinski definition) is 3. The van der Waals surface area contributed by atoms with E-state index in [-0.39, 0.29) is 24.5 Å². The molecule has 0 fully saturated rings. The van der Waals surface area contributed by atoms with E-state index in [2.05, 4.69) is 15.6 Å². The van der Waals surface area contributed by atoms with Crippen LogP contribution in [0.4, 0.5) is 27.8 Å². The van der Waals surface area contributed by atoms with Crippen LogP contribution < -0.4 is 10.6 Å². The number of rotatable bonds is 5. The standard InChI is InChI=1S/C15H12F5N3O/c16-10-2-3-11(12(17)7-10)14(24)22-6-5-21-13-4-1-9(8-23-13)15(18,19)20/h1-4,7-8H,5-6H2,(H,21,23)(H,22,24). The molecule has 24 heavy (non-hydrogen) atoms. The van der Waals surface area contributed by atoms with Gasteiger partial charge in [0.2, 0.25) is 0 Å². The summed E-state index contributed by atoms with van der Waals surface area (Å²) in [6.45, 7) is 0.227. The quantitative estimate of drug-likeness (QED) is 0.646. The van der Waals surface area contributed by atoms with Gasteiger partial charge in [0, 0.05) is 25.4 Å². The smallest absolute Gasteiger partial charge is 0.368 e. The van der Waals surface area contributed by atoms with Crippen LogP contribution in [-0.4, -0.2) is 24.0 Å². The molecule has 0 spiro atoms. The zero-order chi connectivity index (χ0) is 17.7. The molecule has 0 aliphatic rings. The van der Waals surface area contributed by atoms with Gasteiger partial charge in [-0.25, -0.2) is 13.8 Å². The van der Waals surface area contributed by atoms with Gasteiger partial charge >= 0.3 is 6.18 Å². The van der Waals surface area contributed by atoms with Gasteiger partial charge in [0.1, 0.15) is 17.5 Å². The van der Waals surface area contributed by atoms with Crippen LogP contribution in [-0.2, 0) is 6.18 Å². The van der Waals surface area contributed by atoms with Crippen LogP contribution in [0.2, 0.25) is 0 Å². The van der Waals surface area contributed by atoms with Gasteiger partial charge in [-0.3, -0.25) is 4.79 Å². The second-order valence-electron chi connectivity index (χ2n) is 4.74. The second kappa shape index (κ2) is 7.24. The van der Waals surface area contributed by atoms with Crippen molar-refractivity contribution in [3.63, 3.8) is 0 Å². The Kier molecular flexibility index (Phi) is 5.32. The summed E-state index contributed by atoms with van der Waals surface area (Å²) in [7, 11) is 0. The number of anilines is 1. The van der Waals surface area contributed by atoms with Gasteiger partial charge in [-0.1, -0.05) is 0 Å². The fourth-order valence-corrected chi connectivity index (χ4v) is 1.80. The Morgan fingerprint density at radius 1 is 1.08 bits per heavy atom. The van der Waals surface area contributed by atoms with E-state index >= 15 is 0 Å². The summed E-state index contributed by atoms with van der Waals surface area (Å²) in [5, 5.41) is 5.10. The highest BCUT2D eigenvalue weighted by molar-refractivity contribution is 5.94. The molecule has 2 aromatic rings. The summed E-state index contributed by atoms with van der Waals surface area (Å²) >= 11 is 0. The minimum atomic E-state index is -4.46. The molecule has 0 unspecified atom stereocenters. The van der Waals surface area contributed by atoms with Crippen molar-refractivity contribution >= 4 is 11.7 Å². The zero-order valence-corrected chi connectivity index (χ0v) is 12.1. The van der Waals surface area contributed by atoms with Crippen molar-refractivity contribution in [2.24, 2.45) is 0 Å². The first-order valence-electron chi connectivity index (χ1n) is 6.78. The Labute approximate surface area is 133 Å². The van der Waals surface area contributed by atoms with Crippen molar-refractivity contribution in [3.8, 4) is 0 Å². The van der Waals surface area contributed by atoms with E-state index in [9.17, 15) is 26.7 Å². The third-order valence-corrected chi connectivity index (χ3v) is 2.98. The number of pyridine rings is 1. The first-order chi connectivity index (χ1) is 11.3. The fourth-order valence-electron chi connectivity index (χ4n) is 1.80. The molecule has 1 amide bonds. The van der Waals surface area contributed by atoms with E-state index < -0.39 is 29.3 Å². The number of carbonyl (C=O) groups excluding carboxylic acids is 1. The zero-order valence-electron chi connectivity index (χ0n) is 12.1. The molecule has 0 radical (unpaired) electrons. The number of benzene rings is 1. The molecule has 0 aliphatic carbocycles. The molecular formula is C15H12F5N3O. The molecule has 128 valence electrons. The van der Waals surface area contributed by atoms with Gasteiger partial charge in [-0.2, -0.15) is 13.2 Å². The highest BCUT2D eigenvalue weighted by Crippen LogP contribution is 2.28. The Morgan fingerprint density at radius 2 is 1.83 bits per heavy atom. The number of nitrogens with one attached hydrogen (secondary N) is 2. The average Bonchev–Trinajstić information content (AvgIpc) is 2.51. The molecule has 0 bridgehead atoms. The topological polar surface area (TPSA) is 54.0 Å². The largest absolute Gasteiger partial charge is 0.417 e. The van der Waals surface area contributed by atoms with Crippen molar-refractivity contribution in [1.82, 2.24) is 10.3 Å². The monoisotopic (exact) mass is 345 g/mol. The summed E-state index contributed by atoms with van der Waals surface area (Å²) in [6.07, 6.45) is -3.77.